The fourth-order valence-corrected chi connectivity index (χ4v) is 3.65. The normalized spacial score (nSPS) is 12.4. The molecule has 1 N–H and O–H groups in total. The molecule has 0 saturated heterocycles. The third kappa shape index (κ3) is 6.01. The van der Waals surface area contributed by atoms with Gasteiger partial charge in [0, 0.05) is 5.56 Å². The van der Waals surface area contributed by atoms with Crippen molar-refractivity contribution in [1.29, 1.82) is 0 Å². The van der Waals surface area contributed by atoms with Crippen molar-refractivity contribution in [1.82, 2.24) is 4.72 Å². The number of ether oxygens (including phenoxy) is 1. The second-order valence-electron chi connectivity index (χ2n) is 6.13. The van der Waals surface area contributed by atoms with E-state index in [4.69, 9.17) is 4.74 Å². The van der Waals surface area contributed by atoms with Crippen LogP contribution < -0.4 is 4.72 Å². The van der Waals surface area contributed by atoms with Gasteiger partial charge in [-0.25, -0.2) is 8.42 Å². The zero-order valence-electron chi connectivity index (χ0n) is 15.3. The van der Waals surface area contributed by atoms with E-state index in [0.29, 0.717) is 5.56 Å². The summed E-state index contributed by atoms with van der Waals surface area (Å²) in [5, 5.41) is 0. The van der Waals surface area contributed by atoms with Crippen LogP contribution in [-0.4, -0.2) is 32.8 Å². The minimum atomic E-state index is -3.84. The van der Waals surface area contributed by atoms with Gasteiger partial charge in [0.1, 0.15) is 6.04 Å². The molecule has 2 aromatic rings. The van der Waals surface area contributed by atoms with Crippen molar-refractivity contribution in [2.24, 2.45) is 0 Å². The summed E-state index contributed by atoms with van der Waals surface area (Å²) in [4.78, 5) is 24.2. The monoisotopic (exact) mass is 389 g/mol. The van der Waals surface area contributed by atoms with Gasteiger partial charge in [0.25, 0.3) is 0 Å². The smallest absolute Gasteiger partial charge is 0.324 e. The number of rotatable bonds is 9. The number of aryl methyl sites for hydroxylation is 1. The molecule has 0 saturated carbocycles. The highest BCUT2D eigenvalue weighted by Crippen LogP contribution is 2.10. The summed E-state index contributed by atoms with van der Waals surface area (Å²) in [7, 11) is -3.84. The lowest BCUT2D eigenvalue weighted by Gasteiger charge is -2.13. The van der Waals surface area contributed by atoms with Crippen molar-refractivity contribution in [3.63, 3.8) is 0 Å². The highest BCUT2D eigenvalue weighted by atomic mass is 32.2. The maximum absolute atomic E-state index is 12.2. The molecule has 0 heterocycles. The zero-order valence-corrected chi connectivity index (χ0v) is 16.2. The van der Waals surface area contributed by atoms with E-state index >= 15 is 0 Å². The van der Waals surface area contributed by atoms with Gasteiger partial charge >= 0.3 is 5.97 Å². The van der Waals surface area contributed by atoms with Crippen molar-refractivity contribution < 1.29 is 22.7 Å². The molecule has 0 unspecified atom stereocenters. The van der Waals surface area contributed by atoms with E-state index in [2.05, 4.69) is 11.6 Å². The first-order chi connectivity index (χ1) is 12.8. The summed E-state index contributed by atoms with van der Waals surface area (Å²) in [6.07, 6.45) is 1.95. The van der Waals surface area contributed by atoms with Gasteiger partial charge in [-0.15, -0.1) is 0 Å². The first-order valence-electron chi connectivity index (χ1n) is 8.69. The quantitative estimate of drug-likeness (QED) is 0.526. The fraction of sp³-hybridized carbons (Fsp3) is 0.300. The number of benzene rings is 2. The van der Waals surface area contributed by atoms with Crippen LogP contribution in [0.4, 0.5) is 0 Å². The number of sulfonamides is 1. The van der Waals surface area contributed by atoms with E-state index in [1.54, 1.807) is 30.3 Å². The second kappa shape index (κ2) is 9.43. The van der Waals surface area contributed by atoms with Crippen LogP contribution in [0, 0.1) is 0 Å². The van der Waals surface area contributed by atoms with E-state index in [1.807, 2.05) is 12.1 Å². The maximum atomic E-state index is 12.2. The third-order valence-corrected chi connectivity index (χ3v) is 5.46. The molecule has 27 heavy (non-hydrogen) atoms. The number of Topliss-reactive ketones (excluding diaryl/α,β-unsaturated/α-hetero) is 1. The summed E-state index contributed by atoms with van der Waals surface area (Å²) >= 11 is 0. The minimum Gasteiger partial charge on any atom is -0.456 e. The second-order valence-corrected chi connectivity index (χ2v) is 7.85. The van der Waals surface area contributed by atoms with Crippen LogP contribution in [0.25, 0.3) is 0 Å². The van der Waals surface area contributed by atoms with Crippen LogP contribution >= 0.6 is 0 Å². The van der Waals surface area contributed by atoms with Crippen LogP contribution in [-0.2, 0) is 26.0 Å². The Hall–Kier alpha value is -2.51. The molecule has 1 atom stereocenters. The van der Waals surface area contributed by atoms with E-state index < -0.39 is 28.6 Å². The van der Waals surface area contributed by atoms with E-state index in [1.165, 1.54) is 19.1 Å². The predicted molar refractivity (Wildman–Crippen MR) is 102 cm³/mol. The minimum absolute atomic E-state index is 0.0490. The molecular weight excluding hydrogens is 366 g/mol. The lowest BCUT2D eigenvalue weighted by molar-refractivity contribution is -0.144. The molecule has 0 bridgehead atoms. The Labute approximate surface area is 159 Å². The molecule has 2 aromatic carbocycles. The van der Waals surface area contributed by atoms with Crippen LogP contribution in [0.5, 0.6) is 0 Å². The first-order valence-corrected chi connectivity index (χ1v) is 10.2. The van der Waals surface area contributed by atoms with Crippen molar-refractivity contribution in [2.75, 3.05) is 6.61 Å². The van der Waals surface area contributed by atoms with Gasteiger partial charge in [-0.3, -0.25) is 9.59 Å². The summed E-state index contributed by atoms with van der Waals surface area (Å²) in [5.41, 5.74) is 1.58. The molecule has 144 valence electrons. The van der Waals surface area contributed by atoms with E-state index in [-0.39, 0.29) is 10.7 Å². The maximum Gasteiger partial charge on any atom is 0.324 e. The Morgan fingerprint density at radius 1 is 1.04 bits per heavy atom. The summed E-state index contributed by atoms with van der Waals surface area (Å²) in [6.45, 7) is 3.00. The number of nitrogens with one attached hydrogen (secondary N) is 1. The molecule has 0 spiro atoms. The molecule has 0 aliphatic rings. The van der Waals surface area contributed by atoms with Crippen molar-refractivity contribution in [2.45, 2.75) is 37.6 Å². The largest absolute Gasteiger partial charge is 0.456 e. The topological polar surface area (TPSA) is 89.5 Å². The third-order valence-electron chi connectivity index (χ3n) is 3.90. The van der Waals surface area contributed by atoms with Crippen LogP contribution in [0.15, 0.2) is 59.5 Å². The van der Waals surface area contributed by atoms with E-state index in [0.717, 1.165) is 18.4 Å². The molecule has 0 amide bonds. The lowest BCUT2D eigenvalue weighted by Crippen LogP contribution is -2.40. The molecule has 7 heteroatoms. The van der Waals surface area contributed by atoms with Gasteiger partial charge in [0.05, 0.1) is 4.90 Å². The molecule has 2 rings (SSSR count). The molecule has 0 fully saturated rings. The predicted octanol–water partition coefficient (Wildman–Crippen LogP) is 2.73. The summed E-state index contributed by atoms with van der Waals surface area (Å²) in [5.74, 6) is -1.16. The highest BCUT2D eigenvalue weighted by Gasteiger charge is 2.23. The number of carbonyl (C=O) groups is 2. The molecule has 0 aliphatic heterocycles. The molecular formula is C20H23NO5S. The number of esters is 1. The van der Waals surface area contributed by atoms with Gasteiger partial charge in [0.2, 0.25) is 10.0 Å². The highest BCUT2D eigenvalue weighted by molar-refractivity contribution is 7.89. The van der Waals surface area contributed by atoms with Gasteiger partial charge in [-0.05, 0) is 31.0 Å². The van der Waals surface area contributed by atoms with Gasteiger partial charge < -0.3 is 4.74 Å². The van der Waals surface area contributed by atoms with Gasteiger partial charge in [-0.1, -0.05) is 55.8 Å². The van der Waals surface area contributed by atoms with Gasteiger partial charge in [-0.2, -0.15) is 4.72 Å². The van der Waals surface area contributed by atoms with Crippen molar-refractivity contribution in [3.05, 3.63) is 65.7 Å². The fourth-order valence-electron chi connectivity index (χ4n) is 2.44. The summed E-state index contributed by atoms with van der Waals surface area (Å²) < 4.78 is 31.6. The van der Waals surface area contributed by atoms with Crippen molar-refractivity contribution >= 4 is 21.8 Å². The number of ketones is 1. The van der Waals surface area contributed by atoms with Crippen LogP contribution in [0.2, 0.25) is 0 Å². The number of carbonyl (C=O) groups excluding carboxylic acids is 2. The Morgan fingerprint density at radius 2 is 1.67 bits per heavy atom. The molecule has 0 aromatic heterocycles. The Kier molecular flexibility index (Phi) is 7.27. The average Bonchev–Trinajstić information content (AvgIpc) is 2.67. The SMILES string of the molecule is CCCc1ccc(C(=O)COC(=O)[C@H](C)NS(=O)(=O)c2ccccc2)cc1. The van der Waals surface area contributed by atoms with Crippen molar-refractivity contribution in [3.8, 4) is 0 Å². The molecule has 0 aliphatic carbocycles. The average molecular weight is 389 g/mol. The zero-order chi connectivity index (χ0) is 19.9. The number of hydrogen-bond acceptors (Lipinski definition) is 5. The Bertz CT molecular complexity index is 876. The van der Waals surface area contributed by atoms with Crippen LogP contribution in [0.1, 0.15) is 36.2 Å². The Morgan fingerprint density at radius 3 is 2.26 bits per heavy atom. The molecule has 6 nitrogen and oxygen atoms in total. The van der Waals surface area contributed by atoms with Gasteiger partial charge in [0.15, 0.2) is 12.4 Å². The standard InChI is InChI=1S/C20H23NO5S/c1-3-7-16-10-12-17(13-11-16)19(22)14-26-20(23)15(2)21-27(24,25)18-8-5-4-6-9-18/h4-6,8-13,15,21H,3,7,14H2,1-2H3/t15-/m0/s1. The lowest BCUT2D eigenvalue weighted by atomic mass is 10.1. The molecule has 0 radical (unpaired) electrons. The Balaban J connectivity index is 1.90. The summed E-state index contributed by atoms with van der Waals surface area (Å²) in [6, 6.07) is 13.7. The van der Waals surface area contributed by atoms with E-state index in [9.17, 15) is 18.0 Å². The van der Waals surface area contributed by atoms with Crippen LogP contribution in [0.3, 0.4) is 0 Å². The first kappa shape index (κ1) is 20.8. The number of hydrogen-bond donors (Lipinski definition) is 1.